The molecule has 4 nitrogen and oxygen atoms in total. The van der Waals surface area contributed by atoms with Crippen molar-refractivity contribution in [1.29, 1.82) is 0 Å². The first-order chi connectivity index (χ1) is 13.0. The molecule has 2 aromatic carbocycles. The van der Waals surface area contributed by atoms with Crippen LogP contribution in [0.2, 0.25) is 15.1 Å². The van der Waals surface area contributed by atoms with Crippen LogP contribution in [0.3, 0.4) is 0 Å². The van der Waals surface area contributed by atoms with Gasteiger partial charge in [-0.2, -0.15) is 0 Å². The molecule has 2 N–H and O–H groups in total. The number of nitrogens with zero attached hydrogens (tertiary/aromatic N) is 2. The van der Waals surface area contributed by atoms with Crippen molar-refractivity contribution in [1.82, 2.24) is 5.32 Å². The third-order valence-electron chi connectivity index (χ3n) is 5.28. The second-order valence-corrected chi connectivity index (χ2v) is 8.32. The van der Waals surface area contributed by atoms with Gasteiger partial charge >= 0.3 is 0 Å². The van der Waals surface area contributed by atoms with Crippen LogP contribution in [0, 0.1) is 0 Å². The molecule has 7 heteroatoms. The molecule has 0 atom stereocenters. The number of anilines is 2. The van der Waals surface area contributed by atoms with Crippen molar-refractivity contribution in [2.45, 2.75) is 24.9 Å². The quantitative estimate of drug-likeness (QED) is 0.695. The number of likely N-dealkylation sites (N-methyl/N-ethyl adjacent to an activating group) is 1. The Morgan fingerprint density at radius 1 is 1.07 bits per heavy atom. The van der Waals surface area contributed by atoms with Gasteiger partial charge in [0.2, 0.25) is 0 Å². The van der Waals surface area contributed by atoms with E-state index >= 15 is 0 Å². The molecule has 2 aliphatic rings. The lowest BCUT2D eigenvalue weighted by molar-refractivity contribution is 0.415. The van der Waals surface area contributed by atoms with Crippen LogP contribution in [0.15, 0.2) is 41.4 Å². The average molecular weight is 424 g/mol. The van der Waals surface area contributed by atoms with Gasteiger partial charge in [-0.25, -0.2) is 0 Å². The molecular formula is C20H21Cl3N4. The molecule has 0 aromatic heterocycles. The van der Waals surface area contributed by atoms with Crippen molar-refractivity contribution in [2.24, 2.45) is 4.99 Å². The van der Waals surface area contributed by atoms with Gasteiger partial charge < -0.3 is 15.5 Å². The number of nitrogens with one attached hydrogen (secondary N) is 2. The highest BCUT2D eigenvalue weighted by Crippen LogP contribution is 2.42. The highest BCUT2D eigenvalue weighted by molar-refractivity contribution is 6.42. The van der Waals surface area contributed by atoms with Crippen LogP contribution in [0.5, 0.6) is 0 Å². The number of benzene rings is 2. The summed E-state index contributed by atoms with van der Waals surface area (Å²) >= 11 is 18.7. The number of rotatable bonds is 2. The summed E-state index contributed by atoms with van der Waals surface area (Å²) in [7, 11) is 2.05. The van der Waals surface area contributed by atoms with E-state index < -0.39 is 0 Å². The number of amidine groups is 1. The SMILES string of the molecule is CN1C(=NCc2cccc(Cl)c2)C2(CCNCC2)Nc2cc(Cl)c(Cl)cc21. The van der Waals surface area contributed by atoms with Crippen LogP contribution in [0.1, 0.15) is 18.4 Å². The summed E-state index contributed by atoms with van der Waals surface area (Å²) in [6.45, 7) is 2.45. The Bertz CT molecular complexity index is 891. The smallest absolute Gasteiger partial charge is 0.130 e. The van der Waals surface area contributed by atoms with Crippen LogP contribution in [-0.4, -0.2) is 31.5 Å². The molecule has 0 saturated carbocycles. The molecule has 27 heavy (non-hydrogen) atoms. The molecule has 2 aliphatic heterocycles. The van der Waals surface area contributed by atoms with Gasteiger partial charge in [-0.1, -0.05) is 46.9 Å². The maximum Gasteiger partial charge on any atom is 0.130 e. The van der Waals surface area contributed by atoms with E-state index in [2.05, 4.69) is 15.5 Å². The van der Waals surface area contributed by atoms with E-state index in [4.69, 9.17) is 39.8 Å². The summed E-state index contributed by atoms with van der Waals surface area (Å²) < 4.78 is 0. The average Bonchev–Trinajstić information content (AvgIpc) is 2.64. The highest BCUT2D eigenvalue weighted by Gasteiger charge is 2.43. The Kier molecular flexibility index (Phi) is 5.26. The van der Waals surface area contributed by atoms with Crippen molar-refractivity contribution >= 4 is 52.0 Å². The molecule has 1 fully saturated rings. The lowest BCUT2D eigenvalue weighted by Gasteiger charge is -2.47. The molecule has 0 unspecified atom stereocenters. The lowest BCUT2D eigenvalue weighted by atomic mass is 9.83. The van der Waals surface area contributed by atoms with Gasteiger partial charge in [-0.15, -0.1) is 0 Å². The van der Waals surface area contributed by atoms with E-state index in [1.165, 1.54) is 0 Å². The van der Waals surface area contributed by atoms with Gasteiger partial charge in [0, 0.05) is 12.1 Å². The Morgan fingerprint density at radius 3 is 2.56 bits per heavy atom. The van der Waals surface area contributed by atoms with Crippen LogP contribution < -0.4 is 15.5 Å². The largest absolute Gasteiger partial charge is 0.371 e. The molecule has 2 heterocycles. The van der Waals surface area contributed by atoms with Gasteiger partial charge in [0.05, 0.1) is 33.5 Å². The van der Waals surface area contributed by atoms with Crippen LogP contribution in [-0.2, 0) is 6.54 Å². The van der Waals surface area contributed by atoms with Gasteiger partial charge in [0.15, 0.2) is 0 Å². The summed E-state index contributed by atoms with van der Waals surface area (Å²) in [5.74, 6) is 1.02. The molecule has 0 aliphatic carbocycles. The zero-order chi connectivity index (χ0) is 19.0. The number of hydrogen-bond donors (Lipinski definition) is 2. The zero-order valence-electron chi connectivity index (χ0n) is 15.0. The minimum atomic E-state index is -0.220. The number of aliphatic imine (C=N–C) groups is 1. The predicted octanol–water partition coefficient (Wildman–Crippen LogP) is 5.23. The van der Waals surface area contributed by atoms with E-state index in [1.807, 2.05) is 43.4 Å². The number of piperidine rings is 1. The van der Waals surface area contributed by atoms with E-state index in [-0.39, 0.29) is 5.54 Å². The maximum absolute atomic E-state index is 6.28. The number of halogens is 3. The Hall–Kier alpha value is -1.46. The molecule has 142 valence electrons. The van der Waals surface area contributed by atoms with Crippen molar-refractivity contribution in [3.8, 4) is 0 Å². The summed E-state index contributed by atoms with van der Waals surface area (Å²) in [5.41, 5.74) is 2.85. The lowest BCUT2D eigenvalue weighted by Crippen LogP contribution is -2.60. The number of fused-ring (bicyclic) bond motifs is 1. The minimum absolute atomic E-state index is 0.220. The second-order valence-electron chi connectivity index (χ2n) is 7.07. The van der Waals surface area contributed by atoms with Gasteiger partial charge in [0.1, 0.15) is 5.84 Å². The van der Waals surface area contributed by atoms with Crippen molar-refractivity contribution in [3.05, 3.63) is 57.0 Å². The summed E-state index contributed by atoms with van der Waals surface area (Å²) in [4.78, 5) is 7.16. The summed E-state index contributed by atoms with van der Waals surface area (Å²) in [6, 6.07) is 11.6. The second kappa shape index (κ2) is 7.51. The topological polar surface area (TPSA) is 39.7 Å². The van der Waals surface area contributed by atoms with Crippen molar-refractivity contribution in [3.63, 3.8) is 0 Å². The highest BCUT2D eigenvalue weighted by atomic mass is 35.5. The van der Waals surface area contributed by atoms with E-state index in [0.717, 1.165) is 53.7 Å². The van der Waals surface area contributed by atoms with Crippen LogP contribution >= 0.6 is 34.8 Å². The third kappa shape index (κ3) is 3.64. The predicted molar refractivity (Wildman–Crippen MR) is 116 cm³/mol. The summed E-state index contributed by atoms with van der Waals surface area (Å²) in [5, 5.41) is 8.99. The van der Waals surface area contributed by atoms with Crippen LogP contribution in [0.25, 0.3) is 0 Å². The molecule has 0 radical (unpaired) electrons. The fourth-order valence-corrected chi connectivity index (χ4v) is 4.46. The van der Waals surface area contributed by atoms with Crippen molar-refractivity contribution in [2.75, 3.05) is 30.4 Å². The third-order valence-corrected chi connectivity index (χ3v) is 6.23. The minimum Gasteiger partial charge on any atom is -0.371 e. The molecule has 2 aromatic rings. The fourth-order valence-electron chi connectivity index (χ4n) is 3.92. The Labute approximate surface area is 174 Å². The molecule has 1 spiro atoms. The zero-order valence-corrected chi connectivity index (χ0v) is 17.3. The first-order valence-corrected chi connectivity index (χ1v) is 10.1. The molecule has 1 saturated heterocycles. The standard InChI is InChI=1S/C20H21Cl3N4/c1-27-18-11-16(23)15(22)10-17(18)26-20(5-7-24-8-6-20)19(27)25-12-13-3-2-4-14(21)9-13/h2-4,9-11,24,26H,5-8,12H2,1H3. The van der Waals surface area contributed by atoms with Crippen LogP contribution in [0.4, 0.5) is 11.4 Å². The first kappa shape index (κ1) is 18.9. The Balaban J connectivity index is 1.76. The molecular weight excluding hydrogens is 403 g/mol. The number of hydrogen-bond acceptors (Lipinski definition) is 3. The van der Waals surface area contributed by atoms with E-state index in [9.17, 15) is 0 Å². The van der Waals surface area contributed by atoms with E-state index in [1.54, 1.807) is 0 Å². The van der Waals surface area contributed by atoms with E-state index in [0.29, 0.717) is 16.6 Å². The fraction of sp³-hybridized carbons (Fsp3) is 0.350. The monoisotopic (exact) mass is 422 g/mol. The normalized spacial score (nSPS) is 19.9. The first-order valence-electron chi connectivity index (χ1n) is 9.00. The van der Waals surface area contributed by atoms with Gasteiger partial charge in [-0.3, -0.25) is 4.99 Å². The maximum atomic E-state index is 6.28. The molecule has 0 bridgehead atoms. The van der Waals surface area contributed by atoms with Gasteiger partial charge in [-0.05, 0) is 55.8 Å². The molecule has 4 rings (SSSR count). The summed E-state index contributed by atoms with van der Waals surface area (Å²) in [6.07, 6.45) is 1.90. The molecule has 0 amide bonds. The Morgan fingerprint density at radius 2 is 1.81 bits per heavy atom. The van der Waals surface area contributed by atoms with Gasteiger partial charge in [0.25, 0.3) is 0 Å². The van der Waals surface area contributed by atoms with Crippen molar-refractivity contribution < 1.29 is 0 Å².